The highest BCUT2D eigenvalue weighted by Gasteiger charge is 2.30. The summed E-state index contributed by atoms with van der Waals surface area (Å²) < 4.78 is 43.0. The van der Waals surface area contributed by atoms with Crippen molar-refractivity contribution >= 4 is 17.6 Å². The zero-order valence-electron chi connectivity index (χ0n) is 16.8. The first-order valence-corrected chi connectivity index (χ1v) is 10.0. The maximum atomic E-state index is 12.5. The molecule has 2 aromatic carbocycles. The van der Waals surface area contributed by atoms with Crippen LogP contribution < -0.4 is 15.4 Å². The summed E-state index contributed by atoms with van der Waals surface area (Å²) in [7, 11) is 0. The number of para-hydroxylation sites is 1. The number of anilines is 1. The van der Waals surface area contributed by atoms with Gasteiger partial charge in [-0.15, -0.1) is 0 Å². The molecule has 0 radical (unpaired) electrons. The SMILES string of the molecule is O=C(NCCOc1ccc(C(F)(F)F)cc1)C1CCN(C(=O)Nc2ccccc2)CC1. The van der Waals surface area contributed by atoms with Gasteiger partial charge in [-0.2, -0.15) is 13.2 Å². The Kier molecular flexibility index (Phi) is 7.38. The van der Waals surface area contributed by atoms with Crippen molar-refractivity contribution in [2.24, 2.45) is 5.92 Å². The van der Waals surface area contributed by atoms with E-state index in [-0.39, 0.29) is 31.0 Å². The Morgan fingerprint density at radius 3 is 2.26 bits per heavy atom. The summed E-state index contributed by atoms with van der Waals surface area (Å²) >= 11 is 0. The van der Waals surface area contributed by atoms with Gasteiger partial charge in [0, 0.05) is 24.7 Å². The van der Waals surface area contributed by atoms with E-state index in [1.807, 2.05) is 30.3 Å². The summed E-state index contributed by atoms with van der Waals surface area (Å²) in [5.41, 5.74) is -0.0163. The van der Waals surface area contributed by atoms with Crippen LogP contribution in [0.5, 0.6) is 5.75 Å². The second-order valence-corrected chi connectivity index (χ2v) is 7.22. The smallest absolute Gasteiger partial charge is 0.416 e. The first-order valence-electron chi connectivity index (χ1n) is 10.0. The molecule has 166 valence electrons. The predicted molar refractivity (Wildman–Crippen MR) is 110 cm³/mol. The number of likely N-dealkylation sites (tertiary alicyclic amines) is 1. The van der Waals surface area contributed by atoms with Crippen LogP contribution in [0.3, 0.4) is 0 Å². The molecule has 1 saturated heterocycles. The van der Waals surface area contributed by atoms with Gasteiger partial charge in [-0.05, 0) is 49.2 Å². The van der Waals surface area contributed by atoms with Gasteiger partial charge in [0.05, 0.1) is 12.1 Å². The summed E-state index contributed by atoms with van der Waals surface area (Å²) in [6.45, 7) is 1.36. The summed E-state index contributed by atoms with van der Waals surface area (Å²) in [6.07, 6.45) is -3.26. The van der Waals surface area contributed by atoms with Crippen LogP contribution >= 0.6 is 0 Å². The van der Waals surface area contributed by atoms with Gasteiger partial charge in [0.25, 0.3) is 0 Å². The van der Waals surface area contributed by atoms with Crippen LogP contribution in [0.1, 0.15) is 18.4 Å². The lowest BCUT2D eigenvalue weighted by Crippen LogP contribution is -2.45. The van der Waals surface area contributed by atoms with Gasteiger partial charge in [-0.25, -0.2) is 4.79 Å². The van der Waals surface area contributed by atoms with E-state index in [4.69, 9.17) is 4.74 Å². The van der Waals surface area contributed by atoms with Crippen molar-refractivity contribution in [2.45, 2.75) is 19.0 Å². The molecule has 9 heteroatoms. The third kappa shape index (κ3) is 6.63. The second-order valence-electron chi connectivity index (χ2n) is 7.22. The van der Waals surface area contributed by atoms with Gasteiger partial charge in [0.15, 0.2) is 0 Å². The van der Waals surface area contributed by atoms with Crippen molar-refractivity contribution < 1.29 is 27.5 Å². The number of amides is 3. The molecule has 2 N–H and O–H groups in total. The number of ether oxygens (including phenoxy) is 1. The fraction of sp³-hybridized carbons (Fsp3) is 0.364. The molecular formula is C22H24F3N3O3. The fourth-order valence-electron chi connectivity index (χ4n) is 3.30. The molecule has 31 heavy (non-hydrogen) atoms. The van der Waals surface area contributed by atoms with Gasteiger partial charge >= 0.3 is 12.2 Å². The molecule has 2 aromatic rings. The van der Waals surface area contributed by atoms with E-state index in [9.17, 15) is 22.8 Å². The minimum Gasteiger partial charge on any atom is -0.492 e. The minimum absolute atomic E-state index is 0.112. The van der Waals surface area contributed by atoms with Crippen molar-refractivity contribution in [2.75, 3.05) is 31.6 Å². The maximum absolute atomic E-state index is 12.5. The topological polar surface area (TPSA) is 70.7 Å². The van der Waals surface area contributed by atoms with E-state index in [1.54, 1.807) is 4.90 Å². The zero-order chi connectivity index (χ0) is 22.3. The average Bonchev–Trinajstić information content (AvgIpc) is 2.77. The summed E-state index contributed by atoms with van der Waals surface area (Å²) in [4.78, 5) is 26.3. The number of hydrogen-bond acceptors (Lipinski definition) is 3. The molecule has 1 aliphatic rings. The maximum Gasteiger partial charge on any atom is 0.416 e. The van der Waals surface area contributed by atoms with Crippen LogP contribution in [-0.2, 0) is 11.0 Å². The van der Waals surface area contributed by atoms with E-state index in [0.717, 1.165) is 17.8 Å². The number of carbonyl (C=O) groups excluding carboxylic acids is 2. The predicted octanol–water partition coefficient (Wildman–Crippen LogP) is 4.14. The summed E-state index contributed by atoms with van der Waals surface area (Å²) in [5.74, 6) is 0.00552. The molecule has 3 rings (SSSR count). The monoisotopic (exact) mass is 435 g/mol. The van der Waals surface area contributed by atoms with Crippen LogP contribution in [0, 0.1) is 5.92 Å². The van der Waals surface area contributed by atoms with Gasteiger partial charge in [-0.3, -0.25) is 4.79 Å². The zero-order valence-corrected chi connectivity index (χ0v) is 16.8. The molecule has 0 aromatic heterocycles. The first-order chi connectivity index (χ1) is 14.8. The Morgan fingerprint density at radius 2 is 1.65 bits per heavy atom. The Morgan fingerprint density at radius 1 is 1.00 bits per heavy atom. The molecule has 1 fully saturated rings. The number of alkyl halides is 3. The van der Waals surface area contributed by atoms with Crippen LogP contribution in [0.4, 0.5) is 23.7 Å². The van der Waals surface area contributed by atoms with Gasteiger partial charge < -0.3 is 20.3 Å². The van der Waals surface area contributed by atoms with E-state index < -0.39 is 11.7 Å². The van der Waals surface area contributed by atoms with Crippen molar-refractivity contribution in [3.63, 3.8) is 0 Å². The Balaban J connectivity index is 1.34. The highest BCUT2D eigenvalue weighted by atomic mass is 19.4. The molecule has 1 aliphatic heterocycles. The third-order valence-electron chi connectivity index (χ3n) is 5.03. The standard InChI is InChI=1S/C22H24F3N3O3/c23-22(24,25)17-6-8-19(9-7-17)31-15-12-26-20(29)16-10-13-28(14-11-16)21(30)27-18-4-2-1-3-5-18/h1-9,16H,10-15H2,(H,26,29)(H,27,30). The van der Waals surface area contributed by atoms with Crippen LogP contribution in [-0.4, -0.2) is 43.1 Å². The third-order valence-corrected chi connectivity index (χ3v) is 5.03. The Bertz CT molecular complexity index is 865. The molecule has 0 unspecified atom stereocenters. The molecule has 0 spiro atoms. The van der Waals surface area contributed by atoms with Crippen LogP contribution in [0.2, 0.25) is 0 Å². The van der Waals surface area contributed by atoms with E-state index >= 15 is 0 Å². The number of urea groups is 1. The van der Waals surface area contributed by atoms with Crippen molar-refractivity contribution in [1.82, 2.24) is 10.2 Å². The minimum atomic E-state index is -4.38. The lowest BCUT2D eigenvalue weighted by molar-refractivity contribution is -0.137. The van der Waals surface area contributed by atoms with Crippen LogP contribution in [0.15, 0.2) is 54.6 Å². The number of carbonyl (C=O) groups is 2. The summed E-state index contributed by atoms with van der Waals surface area (Å²) in [6, 6.07) is 13.4. The molecule has 0 bridgehead atoms. The number of nitrogens with zero attached hydrogens (tertiary/aromatic N) is 1. The van der Waals surface area contributed by atoms with Gasteiger partial charge in [0.2, 0.25) is 5.91 Å². The van der Waals surface area contributed by atoms with Gasteiger partial charge in [-0.1, -0.05) is 18.2 Å². The molecular weight excluding hydrogens is 411 g/mol. The first kappa shape index (κ1) is 22.5. The molecule has 0 aliphatic carbocycles. The Labute approximate surface area is 178 Å². The van der Waals surface area contributed by atoms with Crippen molar-refractivity contribution in [3.05, 3.63) is 60.2 Å². The number of benzene rings is 2. The van der Waals surface area contributed by atoms with E-state index in [1.165, 1.54) is 12.1 Å². The van der Waals surface area contributed by atoms with Gasteiger partial charge in [0.1, 0.15) is 12.4 Å². The second kappa shape index (κ2) is 10.2. The number of nitrogens with one attached hydrogen (secondary N) is 2. The summed E-state index contributed by atoms with van der Waals surface area (Å²) in [5, 5.41) is 5.61. The number of hydrogen-bond donors (Lipinski definition) is 2. The lowest BCUT2D eigenvalue weighted by atomic mass is 9.96. The molecule has 0 atom stereocenters. The van der Waals surface area contributed by atoms with Crippen LogP contribution in [0.25, 0.3) is 0 Å². The van der Waals surface area contributed by atoms with E-state index in [0.29, 0.717) is 31.7 Å². The molecule has 0 saturated carbocycles. The number of piperidine rings is 1. The fourth-order valence-corrected chi connectivity index (χ4v) is 3.30. The lowest BCUT2D eigenvalue weighted by Gasteiger charge is -2.31. The van der Waals surface area contributed by atoms with E-state index in [2.05, 4.69) is 10.6 Å². The highest BCUT2D eigenvalue weighted by molar-refractivity contribution is 5.89. The molecule has 3 amide bonds. The van der Waals surface area contributed by atoms with Crippen molar-refractivity contribution in [1.29, 1.82) is 0 Å². The normalized spacial score (nSPS) is 14.7. The average molecular weight is 435 g/mol. The quantitative estimate of drug-likeness (QED) is 0.670. The molecule has 1 heterocycles. The highest BCUT2D eigenvalue weighted by Crippen LogP contribution is 2.30. The molecule has 6 nitrogen and oxygen atoms in total. The number of halogens is 3. The largest absolute Gasteiger partial charge is 0.492 e. The Hall–Kier alpha value is -3.23. The number of rotatable bonds is 6. The van der Waals surface area contributed by atoms with Crippen molar-refractivity contribution in [3.8, 4) is 5.75 Å².